The quantitative estimate of drug-likeness (QED) is 0.581. The Labute approximate surface area is 190 Å². The first-order valence-electron chi connectivity index (χ1n) is 11.1. The second-order valence-electron chi connectivity index (χ2n) is 8.09. The summed E-state index contributed by atoms with van der Waals surface area (Å²) in [5.74, 6) is 0.570. The molecule has 32 heavy (non-hydrogen) atoms. The molecule has 0 bridgehead atoms. The van der Waals surface area contributed by atoms with Crippen molar-refractivity contribution in [3.8, 4) is 16.9 Å². The number of morpholine rings is 1. The molecule has 1 fully saturated rings. The summed E-state index contributed by atoms with van der Waals surface area (Å²) in [6.07, 6.45) is 0. The van der Waals surface area contributed by atoms with Crippen LogP contribution < -0.4 is 10.1 Å². The lowest BCUT2D eigenvalue weighted by Gasteiger charge is -2.31. The highest BCUT2D eigenvalue weighted by molar-refractivity contribution is 5.79. The van der Waals surface area contributed by atoms with Gasteiger partial charge in [-0.3, -0.25) is 9.69 Å². The molecule has 0 saturated carbocycles. The number of hydrogen-bond acceptors (Lipinski definition) is 4. The molecule has 5 heteroatoms. The first-order valence-corrected chi connectivity index (χ1v) is 11.1. The number of carbonyl (C=O) groups is 1. The monoisotopic (exact) mass is 430 g/mol. The van der Waals surface area contributed by atoms with E-state index < -0.39 is 0 Å². The largest absolute Gasteiger partial charge is 0.483 e. The molecule has 4 rings (SSSR count). The van der Waals surface area contributed by atoms with E-state index in [2.05, 4.69) is 41.4 Å². The number of amides is 1. The van der Waals surface area contributed by atoms with E-state index in [0.29, 0.717) is 5.75 Å². The van der Waals surface area contributed by atoms with Crippen molar-refractivity contribution in [3.63, 3.8) is 0 Å². The van der Waals surface area contributed by atoms with Gasteiger partial charge in [0.25, 0.3) is 5.91 Å². The summed E-state index contributed by atoms with van der Waals surface area (Å²) in [5.41, 5.74) is 4.34. The molecule has 166 valence electrons. The highest BCUT2D eigenvalue weighted by atomic mass is 16.5. The molecule has 1 heterocycles. The van der Waals surface area contributed by atoms with E-state index in [1.165, 1.54) is 5.56 Å². The van der Waals surface area contributed by atoms with Gasteiger partial charge >= 0.3 is 0 Å². The van der Waals surface area contributed by atoms with Gasteiger partial charge in [-0.15, -0.1) is 0 Å². The number of ether oxygens (including phenoxy) is 2. The first kappa shape index (κ1) is 22.1. The fraction of sp³-hybridized carbons (Fsp3) is 0.296. The second-order valence-corrected chi connectivity index (χ2v) is 8.09. The Kier molecular flexibility index (Phi) is 7.54. The molecular formula is C27H30N2O3. The first-order chi connectivity index (χ1) is 15.7. The zero-order chi connectivity index (χ0) is 22.2. The molecule has 1 aliphatic heterocycles. The summed E-state index contributed by atoms with van der Waals surface area (Å²) in [6, 6.07) is 26.1. The van der Waals surface area contributed by atoms with Crippen molar-refractivity contribution in [1.29, 1.82) is 0 Å². The van der Waals surface area contributed by atoms with E-state index >= 15 is 0 Å². The molecule has 1 amide bonds. The lowest BCUT2D eigenvalue weighted by atomic mass is 10.0. The van der Waals surface area contributed by atoms with Crippen LogP contribution in [0.5, 0.6) is 5.75 Å². The molecule has 3 aromatic rings. The number of nitrogens with zero attached hydrogens (tertiary/aromatic N) is 1. The summed E-state index contributed by atoms with van der Waals surface area (Å²) in [5, 5.41) is 3.18. The van der Waals surface area contributed by atoms with Crippen LogP contribution in [-0.2, 0) is 9.53 Å². The minimum atomic E-state index is -0.133. The van der Waals surface area contributed by atoms with Crippen molar-refractivity contribution in [2.75, 3.05) is 39.5 Å². The Morgan fingerprint density at radius 2 is 1.66 bits per heavy atom. The highest BCUT2D eigenvalue weighted by Gasteiger charge is 2.20. The van der Waals surface area contributed by atoms with E-state index in [1.807, 2.05) is 54.6 Å². The van der Waals surface area contributed by atoms with Gasteiger partial charge in [0.15, 0.2) is 6.61 Å². The van der Waals surface area contributed by atoms with Gasteiger partial charge in [0.05, 0.1) is 19.3 Å². The van der Waals surface area contributed by atoms with Crippen LogP contribution in [0, 0.1) is 6.92 Å². The maximum Gasteiger partial charge on any atom is 0.258 e. The zero-order valence-electron chi connectivity index (χ0n) is 18.5. The molecule has 0 aromatic heterocycles. The molecule has 0 aliphatic carbocycles. The molecule has 3 aromatic carbocycles. The third-order valence-electron chi connectivity index (χ3n) is 5.69. The summed E-state index contributed by atoms with van der Waals surface area (Å²) >= 11 is 0. The number of benzene rings is 3. The summed E-state index contributed by atoms with van der Waals surface area (Å²) in [6.45, 7) is 5.99. The average Bonchev–Trinajstić information content (AvgIpc) is 2.84. The van der Waals surface area contributed by atoms with Crippen LogP contribution in [0.3, 0.4) is 0 Å². The average molecular weight is 431 g/mol. The molecular weight excluding hydrogens is 400 g/mol. The maximum atomic E-state index is 12.9. The number of rotatable bonds is 8. The van der Waals surface area contributed by atoms with Gasteiger partial charge in [-0.2, -0.15) is 0 Å². The van der Waals surface area contributed by atoms with Gasteiger partial charge in [-0.25, -0.2) is 0 Å². The van der Waals surface area contributed by atoms with Crippen molar-refractivity contribution in [1.82, 2.24) is 10.2 Å². The lowest BCUT2D eigenvalue weighted by molar-refractivity contribution is -0.124. The lowest BCUT2D eigenvalue weighted by Crippen LogP contribution is -2.44. The van der Waals surface area contributed by atoms with Crippen LogP contribution in [0.25, 0.3) is 11.1 Å². The molecule has 0 spiro atoms. The van der Waals surface area contributed by atoms with Crippen molar-refractivity contribution in [2.24, 2.45) is 0 Å². The molecule has 5 nitrogen and oxygen atoms in total. The predicted molar refractivity (Wildman–Crippen MR) is 127 cm³/mol. The Morgan fingerprint density at radius 1 is 0.969 bits per heavy atom. The van der Waals surface area contributed by atoms with Crippen molar-refractivity contribution in [3.05, 3.63) is 90.0 Å². The number of aryl methyl sites for hydroxylation is 1. The van der Waals surface area contributed by atoms with Gasteiger partial charge in [-0.1, -0.05) is 78.4 Å². The van der Waals surface area contributed by atoms with Gasteiger partial charge in [-0.05, 0) is 24.1 Å². The maximum absolute atomic E-state index is 12.9. The van der Waals surface area contributed by atoms with Gasteiger partial charge in [0.2, 0.25) is 0 Å². The fourth-order valence-electron chi connectivity index (χ4n) is 3.90. The Balaban J connectivity index is 1.43. The molecule has 1 N–H and O–H groups in total. The third-order valence-corrected chi connectivity index (χ3v) is 5.69. The summed E-state index contributed by atoms with van der Waals surface area (Å²) in [7, 11) is 0. The van der Waals surface area contributed by atoms with Crippen LogP contribution in [0.15, 0.2) is 78.9 Å². The van der Waals surface area contributed by atoms with E-state index in [1.54, 1.807) is 0 Å². The van der Waals surface area contributed by atoms with Gasteiger partial charge in [0.1, 0.15) is 5.75 Å². The van der Waals surface area contributed by atoms with Crippen LogP contribution in [0.2, 0.25) is 0 Å². The molecule has 1 unspecified atom stereocenters. The zero-order valence-corrected chi connectivity index (χ0v) is 18.5. The normalized spacial score (nSPS) is 15.2. The molecule has 1 atom stereocenters. The summed E-state index contributed by atoms with van der Waals surface area (Å²) < 4.78 is 11.4. The van der Waals surface area contributed by atoms with E-state index in [9.17, 15) is 4.79 Å². The minimum absolute atomic E-state index is 0.0324. The SMILES string of the molecule is Cc1ccc(C(CN2CCOCC2)NC(=O)COc2ccccc2-c2ccccc2)cc1. The number of para-hydroxylation sites is 1. The Bertz CT molecular complexity index is 999. The summed E-state index contributed by atoms with van der Waals surface area (Å²) in [4.78, 5) is 15.2. The highest BCUT2D eigenvalue weighted by Crippen LogP contribution is 2.29. The van der Waals surface area contributed by atoms with E-state index in [4.69, 9.17) is 9.47 Å². The predicted octanol–water partition coefficient (Wildman–Crippen LogP) is 4.23. The van der Waals surface area contributed by atoms with Crippen molar-refractivity contribution >= 4 is 5.91 Å². The van der Waals surface area contributed by atoms with E-state index in [0.717, 1.165) is 49.5 Å². The second kappa shape index (κ2) is 10.9. The van der Waals surface area contributed by atoms with Crippen LogP contribution in [-0.4, -0.2) is 50.3 Å². The van der Waals surface area contributed by atoms with E-state index in [-0.39, 0.29) is 18.6 Å². The van der Waals surface area contributed by atoms with Gasteiger partial charge < -0.3 is 14.8 Å². The molecule has 1 aliphatic rings. The van der Waals surface area contributed by atoms with Crippen LogP contribution in [0.1, 0.15) is 17.2 Å². The molecule has 0 radical (unpaired) electrons. The van der Waals surface area contributed by atoms with Crippen LogP contribution in [0.4, 0.5) is 0 Å². The smallest absolute Gasteiger partial charge is 0.258 e. The third kappa shape index (κ3) is 5.96. The standard InChI is InChI=1S/C27H30N2O3/c1-21-11-13-23(14-12-21)25(19-29-15-17-31-18-16-29)28-27(30)20-32-26-10-6-5-9-24(26)22-7-3-2-4-8-22/h2-14,25H,15-20H2,1H3,(H,28,30). The molecule has 1 saturated heterocycles. The van der Waals surface area contributed by atoms with Crippen LogP contribution >= 0.6 is 0 Å². The van der Waals surface area contributed by atoms with Crippen molar-refractivity contribution in [2.45, 2.75) is 13.0 Å². The fourth-order valence-corrected chi connectivity index (χ4v) is 3.90. The van der Waals surface area contributed by atoms with Gasteiger partial charge in [0, 0.05) is 25.2 Å². The topological polar surface area (TPSA) is 50.8 Å². The minimum Gasteiger partial charge on any atom is -0.483 e. The Morgan fingerprint density at radius 3 is 2.41 bits per heavy atom. The number of nitrogens with one attached hydrogen (secondary N) is 1. The Hall–Kier alpha value is -3.15. The number of carbonyl (C=O) groups excluding carboxylic acids is 1. The van der Waals surface area contributed by atoms with Crippen molar-refractivity contribution < 1.29 is 14.3 Å². The number of hydrogen-bond donors (Lipinski definition) is 1.